The summed E-state index contributed by atoms with van der Waals surface area (Å²) in [5.41, 5.74) is 0.951. The molecule has 11 heavy (non-hydrogen) atoms. The highest BCUT2D eigenvalue weighted by Crippen LogP contribution is 2.12. The fourth-order valence-electron chi connectivity index (χ4n) is 0.729. The van der Waals surface area contributed by atoms with Crippen molar-refractivity contribution in [2.75, 3.05) is 0 Å². The largest absolute Gasteiger partial charge is 0.478 e. The second-order valence-electron chi connectivity index (χ2n) is 2.13. The highest BCUT2D eigenvalue weighted by atomic mass is 79.9. The van der Waals surface area contributed by atoms with Gasteiger partial charge in [-0.25, -0.2) is 9.78 Å². The Morgan fingerprint density at radius 1 is 1.73 bits per heavy atom. The van der Waals surface area contributed by atoms with Gasteiger partial charge in [0.25, 0.3) is 0 Å². The summed E-state index contributed by atoms with van der Waals surface area (Å²) in [7, 11) is 0. The van der Waals surface area contributed by atoms with E-state index in [0.717, 1.165) is 0 Å². The summed E-state index contributed by atoms with van der Waals surface area (Å²) in [6, 6.07) is 1.48. The molecule has 58 valence electrons. The zero-order chi connectivity index (χ0) is 8.43. The van der Waals surface area contributed by atoms with Gasteiger partial charge in [-0.05, 0) is 34.5 Å². The lowest BCUT2D eigenvalue weighted by molar-refractivity contribution is 0.0696. The van der Waals surface area contributed by atoms with Gasteiger partial charge in [-0.15, -0.1) is 0 Å². The Morgan fingerprint density at radius 3 is 2.82 bits per heavy atom. The van der Waals surface area contributed by atoms with E-state index in [9.17, 15) is 4.79 Å². The smallest absolute Gasteiger partial charge is 0.336 e. The molecule has 1 heterocycles. The zero-order valence-corrected chi connectivity index (χ0v) is 7.42. The van der Waals surface area contributed by atoms with Crippen molar-refractivity contribution in [1.82, 2.24) is 4.98 Å². The first-order chi connectivity index (χ1) is 5.11. The minimum Gasteiger partial charge on any atom is -0.478 e. The van der Waals surface area contributed by atoms with Crippen LogP contribution in [0, 0.1) is 6.92 Å². The summed E-state index contributed by atoms with van der Waals surface area (Å²) in [6.45, 7) is 1.71. The van der Waals surface area contributed by atoms with Gasteiger partial charge in [0.15, 0.2) is 0 Å². The molecule has 0 unspecified atom stereocenters. The molecule has 0 saturated carbocycles. The van der Waals surface area contributed by atoms with Gasteiger partial charge in [-0.1, -0.05) is 0 Å². The molecule has 1 aromatic heterocycles. The van der Waals surface area contributed by atoms with Crippen molar-refractivity contribution in [2.24, 2.45) is 0 Å². The molecule has 0 bridgehead atoms. The molecule has 0 radical (unpaired) electrons. The summed E-state index contributed by atoms with van der Waals surface area (Å²) in [5.74, 6) is -0.925. The standard InChI is InChI=1S/C7H6BrNO2/c1-4-3-9-6(8)2-5(4)7(10)11/h2-3H,1H3,(H,10,11). The lowest BCUT2D eigenvalue weighted by atomic mass is 10.2. The van der Waals surface area contributed by atoms with Crippen LogP contribution in [0.3, 0.4) is 0 Å². The van der Waals surface area contributed by atoms with Gasteiger partial charge in [0.05, 0.1) is 5.56 Å². The van der Waals surface area contributed by atoms with Crippen molar-refractivity contribution in [3.63, 3.8) is 0 Å². The predicted octanol–water partition coefficient (Wildman–Crippen LogP) is 1.85. The van der Waals surface area contributed by atoms with Crippen LogP contribution in [0.25, 0.3) is 0 Å². The normalized spacial score (nSPS) is 9.64. The van der Waals surface area contributed by atoms with E-state index in [0.29, 0.717) is 10.2 Å². The third kappa shape index (κ3) is 1.77. The Labute approximate surface area is 72.2 Å². The van der Waals surface area contributed by atoms with Crippen LogP contribution in [0.1, 0.15) is 15.9 Å². The Bertz CT molecular complexity index is 298. The molecule has 0 aromatic carbocycles. The van der Waals surface area contributed by atoms with Crippen molar-refractivity contribution in [1.29, 1.82) is 0 Å². The first kappa shape index (κ1) is 8.20. The van der Waals surface area contributed by atoms with Crippen LogP contribution < -0.4 is 0 Å². The number of aromatic carboxylic acids is 1. The van der Waals surface area contributed by atoms with Gasteiger partial charge in [-0.2, -0.15) is 0 Å². The molecule has 0 saturated heterocycles. The molecule has 0 atom stereocenters. The average Bonchev–Trinajstić information content (AvgIpc) is 1.94. The van der Waals surface area contributed by atoms with Gasteiger partial charge in [0.2, 0.25) is 0 Å². The fraction of sp³-hybridized carbons (Fsp3) is 0.143. The molecule has 0 aliphatic carbocycles. The highest BCUT2D eigenvalue weighted by molar-refractivity contribution is 9.10. The van der Waals surface area contributed by atoms with Gasteiger partial charge >= 0.3 is 5.97 Å². The van der Waals surface area contributed by atoms with Gasteiger partial charge in [-0.3, -0.25) is 0 Å². The van der Waals surface area contributed by atoms with E-state index in [1.807, 2.05) is 0 Å². The molecule has 1 N–H and O–H groups in total. The third-order valence-electron chi connectivity index (χ3n) is 1.30. The van der Waals surface area contributed by atoms with Crippen LogP contribution in [0.4, 0.5) is 0 Å². The van der Waals surface area contributed by atoms with E-state index in [2.05, 4.69) is 20.9 Å². The molecule has 0 fully saturated rings. The lowest BCUT2D eigenvalue weighted by Gasteiger charge is -1.98. The van der Waals surface area contributed by atoms with Crippen molar-refractivity contribution in [3.05, 3.63) is 28.0 Å². The summed E-state index contributed by atoms with van der Waals surface area (Å²) in [4.78, 5) is 14.4. The molecular weight excluding hydrogens is 210 g/mol. The van der Waals surface area contributed by atoms with Crippen LogP contribution in [0.15, 0.2) is 16.9 Å². The first-order valence-electron chi connectivity index (χ1n) is 2.96. The van der Waals surface area contributed by atoms with Crippen LogP contribution in [-0.4, -0.2) is 16.1 Å². The average molecular weight is 216 g/mol. The number of nitrogens with zero attached hydrogens (tertiary/aromatic N) is 1. The number of rotatable bonds is 1. The van der Waals surface area contributed by atoms with Gasteiger partial charge in [0, 0.05) is 6.20 Å². The number of aryl methyl sites for hydroxylation is 1. The predicted molar refractivity (Wildman–Crippen MR) is 43.6 cm³/mol. The molecule has 3 nitrogen and oxygen atoms in total. The monoisotopic (exact) mass is 215 g/mol. The van der Waals surface area contributed by atoms with E-state index in [4.69, 9.17) is 5.11 Å². The molecule has 0 amide bonds. The molecule has 1 aromatic rings. The molecule has 0 spiro atoms. The number of pyridine rings is 1. The van der Waals surface area contributed by atoms with E-state index < -0.39 is 5.97 Å². The number of aromatic nitrogens is 1. The number of hydrogen-bond donors (Lipinski definition) is 1. The van der Waals surface area contributed by atoms with Crippen molar-refractivity contribution >= 4 is 21.9 Å². The number of hydrogen-bond acceptors (Lipinski definition) is 2. The topological polar surface area (TPSA) is 50.2 Å². The summed E-state index contributed by atoms with van der Waals surface area (Å²) >= 11 is 3.09. The quantitative estimate of drug-likeness (QED) is 0.728. The number of carboxylic acids is 1. The van der Waals surface area contributed by atoms with Gasteiger partial charge < -0.3 is 5.11 Å². The maximum atomic E-state index is 10.5. The highest BCUT2D eigenvalue weighted by Gasteiger charge is 2.06. The Hall–Kier alpha value is -0.900. The van der Waals surface area contributed by atoms with Crippen LogP contribution in [0.2, 0.25) is 0 Å². The maximum Gasteiger partial charge on any atom is 0.336 e. The summed E-state index contributed by atoms with van der Waals surface area (Å²) < 4.78 is 0.542. The second kappa shape index (κ2) is 3.00. The van der Waals surface area contributed by atoms with Crippen LogP contribution in [0.5, 0.6) is 0 Å². The van der Waals surface area contributed by atoms with E-state index in [-0.39, 0.29) is 5.56 Å². The van der Waals surface area contributed by atoms with E-state index in [1.54, 1.807) is 6.92 Å². The number of carboxylic acid groups (broad SMARTS) is 1. The maximum absolute atomic E-state index is 10.5. The van der Waals surface area contributed by atoms with Crippen molar-refractivity contribution in [2.45, 2.75) is 6.92 Å². The number of carbonyl (C=O) groups is 1. The Balaban J connectivity index is 3.23. The van der Waals surface area contributed by atoms with Crippen LogP contribution in [-0.2, 0) is 0 Å². The second-order valence-corrected chi connectivity index (χ2v) is 2.94. The van der Waals surface area contributed by atoms with Crippen molar-refractivity contribution < 1.29 is 9.90 Å². The molecule has 0 aliphatic heterocycles. The van der Waals surface area contributed by atoms with Crippen molar-refractivity contribution in [3.8, 4) is 0 Å². The minimum absolute atomic E-state index is 0.284. The zero-order valence-electron chi connectivity index (χ0n) is 5.84. The third-order valence-corrected chi connectivity index (χ3v) is 1.73. The van der Waals surface area contributed by atoms with Crippen LogP contribution >= 0.6 is 15.9 Å². The SMILES string of the molecule is Cc1cnc(Br)cc1C(=O)O. The lowest BCUT2D eigenvalue weighted by Crippen LogP contribution is -1.99. The van der Waals surface area contributed by atoms with E-state index in [1.165, 1.54) is 12.3 Å². The summed E-state index contributed by atoms with van der Waals surface area (Å²) in [6.07, 6.45) is 1.52. The summed E-state index contributed by atoms with van der Waals surface area (Å²) in [5, 5.41) is 8.64. The molecule has 0 aliphatic rings. The number of halogens is 1. The molecular formula is C7H6BrNO2. The Kier molecular flexibility index (Phi) is 2.24. The van der Waals surface area contributed by atoms with E-state index >= 15 is 0 Å². The van der Waals surface area contributed by atoms with Gasteiger partial charge in [0.1, 0.15) is 4.60 Å². The molecule has 1 rings (SSSR count). The first-order valence-corrected chi connectivity index (χ1v) is 3.76. The molecule has 4 heteroatoms. The minimum atomic E-state index is -0.925. The Morgan fingerprint density at radius 2 is 2.36 bits per heavy atom. The fourth-order valence-corrected chi connectivity index (χ4v) is 1.06.